The third-order valence-electron chi connectivity index (χ3n) is 7.50. The fourth-order valence-electron chi connectivity index (χ4n) is 5.25. The summed E-state index contributed by atoms with van der Waals surface area (Å²) in [6.07, 6.45) is 1.01. The summed E-state index contributed by atoms with van der Waals surface area (Å²) in [5.74, 6) is -8.82. The Morgan fingerprint density at radius 1 is 1.11 bits per heavy atom. The molecule has 2 aliphatic rings. The number of benzene rings is 1. The van der Waals surface area contributed by atoms with E-state index in [0.717, 1.165) is 4.90 Å². The van der Waals surface area contributed by atoms with Crippen LogP contribution in [0.2, 0.25) is 0 Å². The molecule has 0 radical (unpaired) electrons. The quantitative estimate of drug-likeness (QED) is 0.457. The summed E-state index contributed by atoms with van der Waals surface area (Å²) in [4.78, 5) is 34.0. The molecule has 1 saturated heterocycles. The number of nitrogens with one attached hydrogen (secondary N) is 2. The largest absolute Gasteiger partial charge is 0.340 e. The number of H-pyrrole nitrogens is 1. The fourth-order valence-corrected chi connectivity index (χ4v) is 5.25. The monoisotopic (exact) mass is 538 g/mol. The molecule has 0 spiro atoms. The van der Waals surface area contributed by atoms with E-state index in [4.69, 9.17) is 0 Å². The highest BCUT2D eigenvalue weighted by Gasteiger charge is 2.47. The molecule has 1 aromatic carbocycles. The second-order valence-electron chi connectivity index (χ2n) is 10.2. The van der Waals surface area contributed by atoms with Crippen LogP contribution in [0.1, 0.15) is 66.4 Å². The second kappa shape index (κ2) is 9.35. The number of fused-ring (bicyclic) bond motifs is 1. The number of halogens is 5. The zero-order chi connectivity index (χ0) is 27.4. The van der Waals surface area contributed by atoms with Gasteiger partial charge in [-0.2, -0.15) is 5.10 Å². The summed E-state index contributed by atoms with van der Waals surface area (Å²) in [5.41, 5.74) is 0.456. The van der Waals surface area contributed by atoms with Crippen molar-refractivity contribution in [2.75, 3.05) is 13.1 Å². The van der Waals surface area contributed by atoms with Gasteiger partial charge < -0.3 is 15.2 Å². The summed E-state index contributed by atoms with van der Waals surface area (Å²) in [5, 5.41) is 6.83. The number of aromatic nitrogens is 4. The molecule has 1 aliphatic carbocycles. The first-order valence-electron chi connectivity index (χ1n) is 12.4. The van der Waals surface area contributed by atoms with Gasteiger partial charge in [0.15, 0.2) is 5.82 Å². The van der Waals surface area contributed by atoms with Gasteiger partial charge in [0, 0.05) is 31.6 Å². The van der Waals surface area contributed by atoms with Gasteiger partial charge in [-0.3, -0.25) is 14.3 Å². The van der Waals surface area contributed by atoms with Crippen LogP contribution in [0.3, 0.4) is 0 Å². The van der Waals surface area contributed by atoms with Gasteiger partial charge in [0.25, 0.3) is 11.8 Å². The van der Waals surface area contributed by atoms with Crippen molar-refractivity contribution >= 4 is 22.8 Å². The summed E-state index contributed by atoms with van der Waals surface area (Å²) < 4.78 is 71.1. The zero-order valence-electron chi connectivity index (χ0n) is 20.8. The maximum atomic E-state index is 15.6. The van der Waals surface area contributed by atoms with Crippen molar-refractivity contribution in [3.63, 3.8) is 0 Å². The minimum atomic E-state index is -2.94. The Bertz CT molecular complexity index is 1370. The number of carbonyl (C=O) groups is 2. The molecule has 2 amide bonds. The van der Waals surface area contributed by atoms with Crippen molar-refractivity contribution < 1.29 is 31.5 Å². The van der Waals surface area contributed by atoms with E-state index in [0.29, 0.717) is 0 Å². The highest BCUT2D eigenvalue weighted by atomic mass is 19.3. The SMILES string of the molecule is CC(C(=O)N1CC(F)(F)C1)c1ccc2[nH]c(C(NC(=O)c3ccnn3C)C3CCC(F)(F)CC3)nc2c1F. The van der Waals surface area contributed by atoms with Crippen LogP contribution >= 0.6 is 0 Å². The van der Waals surface area contributed by atoms with E-state index >= 15 is 4.39 Å². The molecule has 0 bridgehead atoms. The second-order valence-corrected chi connectivity index (χ2v) is 10.2. The maximum absolute atomic E-state index is 15.6. The summed E-state index contributed by atoms with van der Waals surface area (Å²) >= 11 is 0. The number of likely N-dealkylation sites (tertiary alicyclic amines) is 1. The molecule has 2 fully saturated rings. The molecule has 2 atom stereocenters. The predicted molar refractivity (Wildman–Crippen MR) is 126 cm³/mol. The Balaban J connectivity index is 1.45. The van der Waals surface area contributed by atoms with Crippen molar-refractivity contribution in [2.24, 2.45) is 13.0 Å². The molecule has 2 unspecified atom stereocenters. The Hall–Kier alpha value is -3.51. The van der Waals surface area contributed by atoms with Crippen LogP contribution in [0.5, 0.6) is 0 Å². The van der Waals surface area contributed by atoms with E-state index in [1.54, 1.807) is 7.05 Å². The number of aryl methyl sites for hydroxylation is 1. The van der Waals surface area contributed by atoms with Crippen LogP contribution in [0.4, 0.5) is 22.0 Å². The fraction of sp³-hybridized carbons (Fsp3) is 0.520. The number of alkyl halides is 4. The number of hydrogen-bond donors (Lipinski definition) is 2. The van der Waals surface area contributed by atoms with Crippen LogP contribution in [0.25, 0.3) is 11.0 Å². The molecule has 2 aromatic heterocycles. The smallest absolute Gasteiger partial charge is 0.282 e. The lowest BCUT2D eigenvalue weighted by molar-refractivity contribution is -0.166. The number of rotatable bonds is 6. The number of carbonyl (C=O) groups excluding carboxylic acids is 2. The third-order valence-corrected chi connectivity index (χ3v) is 7.50. The number of amides is 2. The third kappa shape index (κ3) is 4.85. The molecular formula is C25H27F5N6O2. The molecule has 8 nitrogen and oxygen atoms in total. The van der Waals surface area contributed by atoms with Crippen LogP contribution in [0.15, 0.2) is 24.4 Å². The Kier molecular flexibility index (Phi) is 6.42. The summed E-state index contributed by atoms with van der Waals surface area (Å²) in [6.45, 7) is 0.0336. The van der Waals surface area contributed by atoms with Gasteiger partial charge in [-0.1, -0.05) is 6.07 Å². The average Bonchev–Trinajstić information content (AvgIpc) is 3.47. The molecule has 3 aromatic rings. The first kappa shape index (κ1) is 26.1. The predicted octanol–water partition coefficient (Wildman–Crippen LogP) is 4.31. The van der Waals surface area contributed by atoms with Crippen LogP contribution in [-0.4, -0.2) is 61.4 Å². The molecule has 38 heavy (non-hydrogen) atoms. The molecule has 5 rings (SSSR count). The van der Waals surface area contributed by atoms with Gasteiger partial charge in [-0.15, -0.1) is 0 Å². The molecule has 1 saturated carbocycles. The Labute approximate surface area is 214 Å². The van der Waals surface area contributed by atoms with Crippen LogP contribution in [-0.2, 0) is 11.8 Å². The standard InChI is InChI=1S/C25H27F5N6O2/c1-13(23(38)36-11-25(29,30)12-36)15-3-4-16-20(18(15)26)33-21(32-16)19(14-5-8-24(27,28)9-6-14)34-22(37)17-7-10-31-35(17)2/h3-4,7,10,13-14,19H,5-6,8-9,11-12H2,1-2H3,(H,32,33)(H,34,37). The van der Waals surface area contributed by atoms with Crippen molar-refractivity contribution in [3.05, 3.63) is 47.3 Å². The van der Waals surface area contributed by atoms with Crippen molar-refractivity contribution in [1.82, 2.24) is 30.0 Å². The number of nitrogens with zero attached hydrogens (tertiary/aromatic N) is 4. The molecule has 3 heterocycles. The van der Waals surface area contributed by atoms with E-state index in [-0.39, 0.29) is 59.7 Å². The van der Waals surface area contributed by atoms with Gasteiger partial charge in [-0.05, 0) is 37.8 Å². The maximum Gasteiger partial charge on any atom is 0.282 e. The minimum Gasteiger partial charge on any atom is -0.340 e. The topological polar surface area (TPSA) is 95.9 Å². The van der Waals surface area contributed by atoms with E-state index in [1.807, 2.05) is 0 Å². The summed E-state index contributed by atoms with van der Waals surface area (Å²) in [6, 6.07) is 3.61. The molecular weight excluding hydrogens is 511 g/mol. The average molecular weight is 539 g/mol. The molecule has 2 N–H and O–H groups in total. The normalized spacial score (nSPS) is 20.7. The highest BCUT2D eigenvalue weighted by Crippen LogP contribution is 2.41. The minimum absolute atomic E-state index is 0.00328. The van der Waals surface area contributed by atoms with Crippen molar-refractivity contribution in [1.29, 1.82) is 0 Å². The first-order valence-corrected chi connectivity index (χ1v) is 12.4. The van der Waals surface area contributed by atoms with E-state index in [1.165, 1.54) is 36.0 Å². The van der Waals surface area contributed by atoms with E-state index < -0.39 is 54.5 Å². The van der Waals surface area contributed by atoms with Gasteiger partial charge in [0.05, 0.1) is 30.6 Å². The summed E-state index contributed by atoms with van der Waals surface area (Å²) in [7, 11) is 1.59. The number of aromatic amines is 1. The van der Waals surface area contributed by atoms with Gasteiger partial charge >= 0.3 is 0 Å². The van der Waals surface area contributed by atoms with Crippen LogP contribution < -0.4 is 5.32 Å². The Morgan fingerprint density at radius 2 is 1.79 bits per heavy atom. The number of hydrogen-bond acceptors (Lipinski definition) is 4. The molecule has 13 heteroatoms. The van der Waals surface area contributed by atoms with Gasteiger partial charge in [-0.25, -0.2) is 26.9 Å². The Morgan fingerprint density at radius 3 is 2.39 bits per heavy atom. The van der Waals surface area contributed by atoms with Crippen molar-refractivity contribution in [2.45, 2.75) is 56.4 Å². The van der Waals surface area contributed by atoms with Gasteiger partial charge in [0.1, 0.15) is 17.0 Å². The van der Waals surface area contributed by atoms with Gasteiger partial charge in [0.2, 0.25) is 11.8 Å². The highest BCUT2D eigenvalue weighted by molar-refractivity contribution is 5.92. The number of imidazole rings is 1. The van der Waals surface area contributed by atoms with E-state index in [2.05, 4.69) is 20.4 Å². The lowest BCUT2D eigenvalue weighted by Gasteiger charge is -2.40. The lowest BCUT2D eigenvalue weighted by atomic mass is 9.81. The molecule has 204 valence electrons. The van der Waals surface area contributed by atoms with Crippen molar-refractivity contribution in [3.8, 4) is 0 Å². The van der Waals surface area contributed by atoms with Crippen LogP contribution in [0, 0.1) is 11.7 Å². The lowest BCUT2D eigenvalue weighted by Crippen LogP contribution is -2.59. The van der Waals surface area contributed by atoms with E-state index in [9.17, 15) is 27.2 Å². The molecule has 1 aliphatic heterocycles. The zero-order valence-corrected chi connectivity index (χ0v) is 20.8. The first-order chi connectivity index (χ1) is 17.8.